The van der Waals surface area contributed by atoms with Crippen molar-refractivity contribution in [2.24, 2.45) is 0 Å². The Hall–Kier alpha value is -3.43. The van der Waals surface area contributed by atoms with E-state index in [9.17, 15) is 4.79 Å². The number of nitrogens with zero attached hydrogens (tertiary/aromatic N) is 3. The van der Waals surface area contributed by atoms with Gasteiger partial charge in [-0.2, -0.15) is 0 Å². The van der Waals surface area contributed by atoms with Crippen molar-refractivity contribution >= 4 is 22.6 Å². The average Bonchev–Trinajstić information content (AvgIpc) is 3.23. The van der Waals surface area contributed by atoms with Crippen molar-refractivity contribution in [3.63, 3.8) is 0 Å². The molecular formula is C24H24N4O2. The Labute approximate surface area is 176 Å². The Morgan fingerprint density at radius 1 is 1.23 bits per heavy atom. The highest BCUT2D eigenvalue weighted by molar-refractivity contribution is 5.99. The lowest BCUT2D eigenvalue weighted by Gasteiger charge is -2.27. The zero-order chi connectivity index (χ0) is 21.3. The Kier molecular flexibility index (Phi) is 5.39. The van der Waals surface area contributed by atoms with Crippen LogP contribution in [0.2, 0.25) is 0 Å². The van der Waals surface area contributed by atoms with E-state index in [0.29, 0.717) is 31.1 Å². The molecule has 30 heavy (non-hydrogen) atoms. The summed E-state index contributed by atoms with van der Waals surface area (Å²) in [6.07, 6.45) is 1.74. The number of anilines is 1. The van der Waals surface area contributed by atoms with Crippen LogP contribution in [0.5, 0.6) is 0 Å². The molecule has 3 aromatic rings. The van der Waals surface area contributed by atoms with E-state index in [2.05, 4.69) is 21.8 Å². The molecule has 6 heteroatoms. The Balaban J connectivity index is 1.65. The van der Waals surface area contributed by atoms with Gasteiger partial charge in [0, 0.05) is 34.3 Å². The lowest BCUT2D eigenvalue weighted by molar-refractivity contribution is 0.0688. The zero-order valence-electron chi connectivity index (χ0n) is 17.4. The summed E-state index contributed by atoms with van der Waals surface area (Å²) in [5.41, 5.74) is 11.1. The SMILES string of the molecule is CC#Cc1ccc(CN(C(=O)c2ccc3nc(N)c4c(c3c2)COC4)C(C)C)nc1. The van der Waals surface area contributed by atoms with Gasteiger partial charge < -0.3 is 15.4 Å². The van der Waals surface area contributed by atoms with E-state index < -0.39 is 0 Å². The number of benzene rings is 1. The van der Waals surface area contributed by atoms with Crippen molar-refractivity contribution in [2.75, 3.05) is 5.73 Å². The summed E-state index contributed by atoms with van der Waals surface area (Å²) in [5.74, 6) is 6.30. The molecule has 1 aromatic carbocycles. The first-order valence-electron chi connectivity index (χ1n) is 9.95. The van der Waals surface area contributed by atoms with Gasteiger partial charge in [-0.05, 0) is 56.7 Å². The minimum atomic E-state index is -0.0457. The first-order valence-corrected chi connectivity index (χ1v) is 9.95. The number of carbonyl (C=O) groups is 1. The second-order valence-electron chi connectivity index (χ2n) is 7.62. The fourth-order valence-corrected chi connectivity index (χ4v) is 3.67. The number of carbonyl (C=O) groups excluding carboxylic acids is 1. The van der Waals surface area contributed by atoms with Crippen LogP contribution in [-0.2, 0) is 24.5 Å². The first kappa shape index (κ1) is 19.9. The molecule has 0 unspecified atom stereocenters. The van der Waals surface area contributed by atoms with Gasteiger partial charge in [0.1, 0.15) is 5.82 Å². The van der Waals surface area contributed by atoms with E-state index in [-0.39, 0.29) is 11.9 Å². The highest BCUT2D eigenvalue weighted by atomic mass is 16.5. The predicted octanol–water partition coefficient (Wildman–Crippen LogP) is 3.66. The Morgan fingerprint density at radius 3 is 2.73 bits per heavy atom. The number of rotatable bonds is 4. The molecule has 4 rings (SSSR count). The second kappa shape index (κ2) is 8.13. The summed E-state index contributed by atoms with van der Waals surface area (Å²) >= 11 is 0. The van der Waals surface area contributed by atoms with E-state index in [1.165, 1.54) is 0 Å². The standard InChI is InChI=1S/C24H24N4O2/c1-4-5-16-6-8-18(26-11-16)12-28(15(2)3)24(29)17-7-9-22-19(10-17)20-13-30-14-21(20)23(25)27-22/h6-11,15H,12-14H2,1-3H3,(H2,25,27). The highest BCUT2D eigenvalue weighted by Crippen LogP contribution is 2.32. The quantitative estimate of drug-likeness (QED) is 0.676. The third-order valence-corrected chi connectivity index (χ3v) is 5.29. The fourth-order valence-electron chi connectivity index (χ4n) is 3.67. The molecular weight excluding hydrogens is 376 g/mol. The van der Waals surface area contributed by atoms with Crippen LogP contribution in [0.4, 0.5) is 5.82 Å². The van der Waals surface area contributed by atoms with E-state index in [1.807, 2.05) is 49.1 Å². The van der Waals surface area contributed by atoms with Crippen molar-refractivity contribution in [3.8, 4) is 11.8 Å². The molecule has 0 spiro atoms. The maximum absolute atomic E-state index is 13.4. The molecule has 0 bridgehead atoms. The number of ether oxygens (including phenoxy) is 1. The van der Waals surface area contributed by atoms with Crippen LogP contribution in [0.3, 0.4) is 0 Å². The number of hydrogen-bond donors (Lipinski definition) is 1. The second-order valence-corrected chi connectivity index (χ2v) is 7.62. The van der Waals surface area contributed by atoms with Gasteiger partial charge in [0.2, 0.25) is 0 Å². The molecule has 3 heterocycles. The fraction of sp³-hybridized carbons (Fsp3) is 0.292. The number of fused-ring (bicyclic) bond motifs is 3. The zero-order valence-corrected chi connectivity index (χ0v) is 17.4. The molecule has 2 aromatic heterocycles. The van der Waals surface area contributed by atoms with Crippen LogP contribution in [0.1, 0.15) is 53.5 Å². The van der Waals surface area contributed by atoms with Crippen LogP contribution in [0, 0.1) is 11.8 Å². The number of hydrogen-bond acceptors (Lipinski definition) is 5. The normalized spacial score (nSPS) is 12.5. The third-order valence-electron chi connectivity index (χ3n) is 5.29. The van der Waals surface area contributed by atoms with E-state index >= 15 is 0 Å². The van der Waals surface area contributed by atoms with E-state index in [4.69, 9.17) is 10.5 Å². The van der Waals surface area contributed by atoms with Crippen molar-refractivity contribution < 1.29 is 9.53 Å². The minimum Gasteiger partial charge on any atom is -0.383 e. The highest BCUT2D eigenvalue weighted by Gasteiger charge is 2.23. The Morgan fingerprint density at radius 2 is 2.03 bits per heavy atom. The molecule has 0 atom stereocenters. The number of nitrogens with two attached hydrogens (primary N) is 1. The van der Waals surface area contributed by atoms with Gasteiger partial charge >= 0.3 is 0 Å². The van der Waals surface area contributed by atoms with E-state index in [0.717, 1.165) is 33.3 Å². The predicted molar refractivity (Wildman–Crippen MR) is 116 cm³/mol. The van der Waals surface area contributed by atoms with Gasteiger partial charge in [0.25, 0.3) is 5.91 Å². The molecule has 152 valence electrons. The lowest BCUT2D eigenvalue weighted by atomic mass is 10.0. The third kappa shape index (κ3) is 3.72. The topological polar surface area (TPSA) is 81.3 Å². The first-order chi connectivity index (χ1) is 14.5. The van der Waals surface area contributed by atoms with Crippen LogP contribution in [0.15, 0.2) is 36.5 Å². The van der Waals surface area contributed by atoms with Crippen molar-refractivity contribution in [1.29, 1.82) is 0 Å². The smallest absolute Gasteiger partial charge is 0.254 e. The summed E-state index contributed by atoms with van der Waals surface area (Å²) in [6.45, 7) is 7.18. The summed E-state index contributed by atoms with van der Waals surface area (Å²) < 4.78 is 5.56. The number of nitrogen functional groups attached to an aromatic ring is 1. The lowest BCUT2D eigenvalue weighted by Crippen LogP contribution is -2.36. The molecule has 6 nitrogen and oxygen atoms in total. The van der Waals surface area contributed by atoms with Gasteiger partial charge in [0.05, 0.1) is 31.0 Å². The molecule has 0 saturated carbocycles. The molecule has 0 aliphatic carbocycles. The molecule has 0 fully saturated rings. The molecule has 1 aliphatic heterocycles. The average molecular weight is 400 g/mol. The number of pyridine rings is 2. The summed E-state index contributed by atoms with van der Waals surface area (Å²) in [6, 6.07) is 9.43. The van der Waals surface area contributed by atoms with Crippen molar-refractivity contribution in [3.05, 3.63) is 64.5 Å². The summed E-state index contributed by atoms with van der Waals surface area (Å²) in [5, 5.41) is 0.923. The van der Waals surface area contributed by atoms with Gasteiger partial charge in [-0.3, -0.25) is 9.78 Å². The molecule has 0 saturated heterocycles. The number of aromatic nitrogens is 2. The van der Waals surface area contributed by atoms with Gasteiger partial charge in [-0.25, -0.2) is 4.98 Å². The van der Waals surface area contributed by atoms with Crippen LogP contribution >= 0.6 is 0 Å². The summed E-state index contributed by atoms with van der Waals surface area (Å²) in [7, 11) is 0. The molecule has 2 N–H and O–H groups in total. The minimum absolute atomic E-state index is 0.0173. The van der Waals surface area contributed by atoms with Crippen LogP contribution in [0.25, 0.3) is 10.9 Å². The van der Waals surface area contributed by atoms with Crippen LogP contribution in [-0.4, -0.2) is 26.8 Å². The Bertz CT molecular complexity index is 1170. The number of amides is 1. The largest absolute Gasteiger partial charge is 0.383 e. The van der Waals surface area contributed by atoms with Crippen molar-refractivity contribution in [2.45, 2.75) is 46.6 Å². The molecule has 1 aliphatic rings. The maximum Gasteiger partial charge on any atom is 0.254 e. The van der Waals surface area contributed by atoms with Gasteiger partial charge in [0.15, 0.2) is 0 Å². The molecule has 0 radical (unpaired) electrons. The van der Waals surface area contributed by atoms with Crippen LogP contribution < -0.4 is 5.73 Å². The molecule has 1 amide bonds. The van der Waals surface area contributed by atoms with Crippen molar-refractivity contribution in [1.82, 2.24) is 14.9 Å². The van der Waals surface area contributed by atoms with Gasteiger partial charge in [-0.1, -0.05) is 5.92 Å². The maximum atomic E-state index is 13.4. The van der Waals surface area contributed by atoms with Gasteiger partial charge in [-0.15, -0.1) is 5.92 Å². The summed E-state index contributed by atoms with van der Waals surface area (Å²) in [4.78, 5) is 24.1. The van der Waals surface area contributed by atoms with E-state index in [1.54, 1.807) is 13.1 Å². The monoisotopic (exact) mass is 400 g/mol.